The van der Waals surface area contributed by atoms with Gasteiger partial charge in [0.15, 0.2) is 0 Å². The SMILES string of the molecule is NCC1(N2CCc3ccc(F)cc32)CCOCC1. The largest absolute Gasteiger partial charge is 0.381 e. The molecule has 3 nitrogen and oxygen atoms in total. The number of nitrogens with zero attached hydrogens (tertiary/aromatic N) is 1. The third-order valence-corrected chi connectivity index (χ3v) is 4.32. The number of fused-ring (bicyclic) bond motifs is 1. The number of rotatable bonds is 2. The first-order chi connectivity index (χ1) is 8.75. The third-order valence-electron chi connectivity index (χ3n) is 4.32. The molecule has 1 fully saturated rings. The number of nitrogens with two attached hydrogens (primary N) is 1. The summed E-state index contributed by atoms with van der Waals surface area (Å²) in [7, 11) is 0. The fraction of sp³-hybridized carbons (Fsp3) is 0.571. The molecule has 2 heterocycles. The van der Waals surface area contributed by atoms with Crippen molar-refractivity contribution < 1.29 is 9.13 Å². The fourth-order valence-electron chi connectivity index (χ4n) is 3.18. The van der Waals surface area contributed by atoms with Crippen molar-refractivity contribution in [1.82, 2.24) is 0 Å². The molecule has 1 aromatic rings. The van der Waals surface area contributed by atoms with Crippen LogP contribution in [0.4, 0.5) is 10.1 Å². The van der Waals surface area contributed by atoms with Crippen molar-refractivity contribution in [2.24, 2.45) is 5.73 Å². The van der Waals surface area contributed by atoms with Crippen molar-refractivity contribution in [2.75, 3.05) is 31.2 Å². The van der Waals surface area contributed by atoms with E-state index in [9.17, 15) is 4.39 Å². The topological polar surface area (TPSA) is 38.5 Å². The molecule has 3 rings (SSSR count). The summed E-state index contributed by atoms with van der Waals surface area (Å²) in [6.07, 6.45) is 2.84. The van der Waals surface area contributed by atoms with Gasteiger partial charge in [0.05, 0.1) is 5.54 Å². The Morgan fingerprint density at radius 1 is 1.33 bits per heavy atom. The minimum absolute atomic E-state index is 0.0444. The van der Waals surface area contributed by atoms with Crippen LogP contribution < -0.4 is 10.6 Å². The number of hydrogen-bond donors (Lipinski definition) is 1. The van der Waals surface area contributed by atoms with E-state index < -0.39 is 0 Å². The first-order valence-corrected chi connectivity index (χ1v) is 6.59. The van der Waals surface area contributed by atoms with Gasteiger partial charge in [0.1, 0.15) is 5.82 Å². The van der Waals surface area contributed by atoms with E-state index in [0.29, 0.717) is 6.54 Å². The molecule has 4 heteroatoms. The highest BCUT2D eigenvalue weighted by atomic mass is 19.1. The Bertz CT molecular complexity index is 443. The molecule has 0 aromatic heterocycles. The van der Waals surface area contributed by atoms with Crippen molar-refractivity contribution in [3.05, 3.63) is 29.6 Å². The van der Waals surface area contributed by atoms with Crippen molar-refractivity contribution in [1.29, 1.82) is 0 Å². The molecule has 2 aliphatic rings. The number of benzene rings is 1. The van der Waals surface area contributed by atoms with Gasteiger partial charge in [-0.1, -0.05) is 6.07 Å². The average Bonchev–Trinajstić information content (AvgIpc) is 2.83. The number of hydrogen-bond acceptors (Lipinski definition) is 3. The van der Waals surface area contributed by atoms with Gasteiger partial charge in [0.25, 0.3) is 0 Å². The van der Waals surface area contributed by atoms with Crippen LogP contribution in [0, 0.1) is 5.82 Å². The van der Waals surface area contributed by atoms with Crippen LogP contribution in [-0.4, -0.2) is 31.8 Å². The normalized spacial score (nSPS) is 22.0. The van der Waals surface area contributed by atoms with Gasteiger partial charge < -0.3 is 15.4 Å². The zero-order valence-corrected chi connectivity index (χ0v) is 10.5. The molecule has 0 saturated carbocycles. The second-order valence-corrected chi connectivity index (χ2v) is 5.22. The van der Waals surface area contributed by atoms with Gasteiger partial charge in [-0.25, -0.2) is 4.39 Å². The third kappa shape index (κ3) is 1.80. The first kappa shape index (κ1) is 11.9. The Morgan fingerprint density at radius 2 is 2.11 bits per heavy atom. The van der Waals surface area contributed by atoms with E-state index in [1.807, 2.05) is 6.07 Å². The lowest BCUT2D eigenvalue weighted by molar-refractivity contribution is 0.0532. The van der Waals surface area contributed by atoms with Crippen LogP contribution in [0.25, 0.3) is 0 Å². The Morgan fingerprint density at radius 3 is 2.83 bits per heavy atom. The van der Waals surface area contributed by atoms with Gasteiger partial charge in [-0.2, -0.15) is 0 Å². The zero-order valence-electron chi connectivity index (χ0n) is 10.5. The minimum atomic E-state index is -0.167. The molecule has 0 radical (unpaired) electrons. The lowest BCUT2D eigenvalue weighted by Gasteiger charge is -2.45. The summed E-state index contributed by atoms with van der Waals surface area (Å²) in [5.41, 5.74) is 8.24. The first-order valence-electron chi connectivity index (χ1n) is 6.59. The number of anilines is 1. The Labute approximate surface area is 107 Å². The highest BCUT2D eigenvalue weighted by Crippen LogP contribution is 2.38. The summed E-state index contributed by atoms with van der Waals surface area (Å²) in [5, 5.41) is 0. The maximum atomic E-state index is 13.4. The molecule has 0 atom stereocenters. The number of halogens is 1. The summed E-state index contributed by atoms with van der Waals surface area (Å²) in [6, 6.07) is 5.09. The van der Waals surface area contributed by atoms with E-state index in [1.165, 1.54) is 5.56 Å². The molecule has 2 aliphatic heterocycles. The van der Waals surface area contributed by atoms with E-state index in [1.54, 1.807) is 12.1 Å². The van der Waals surface area contributed by atoms with Gasteiger partial charge in [-0.3, -0.25) is 0 Å². The van der Waals surface area contributed by atoms with Gasteiger partial charge in [0.2, 0.25) is 0 Å². The zero-order chi connectivity index (χ0) is 12.6. The molecule has 1 aromatic carbocycles. The maximum Gasteiger partial charge on any atom is 0.125 e. The highest BCUT2D eigenvalue weighted by molar-refractivity contribution is 5.60. The molecule has 98 valence electrons. The average molecular weight is 250 g/mol. The van der Waals surface area contributed by atoms with E-state index in [-0.39, 0.29) is 11.4 Å². The van der Waals surface area contributed by atoms with E-state index in [4.69, 9.17) is 10.5 Å². The van der Waals surface area contributed by atoms with Crippen LogP contribution in [0.3, 0.4) is 0 Å². The molecule has 0 bridgehead atoms. The molecule has 0 spiro atoms. The Balaban J connectivity index is 1.96. The summed E-state index contributed by atoms with van der Waals surface area (Å²) in [6.45, 7) is 3.04. The molecule has 0 aliphatic carbocycles. The summed E-state index contributed by atoms with van der Waals surface area (Å²) < 4.78 is 18.9. The minimum Gasteiger partial charge on any atom is -0.381 e. The van der Waals surface area contributed by atoms with Crippen LogP contribution >= 0.6 is 0 Å². The van der Waals surface area contributed by atoms with Crippen LogP contribution in [0.2, 0.25) is 0 Å². The molecule has 2 N–H and O–H groups in total. The Hall–Kier alpha value is -1.13. The van der Waals surface area contributed by atoms with E-state index in [2.05, 4.69) is 4.90 Å². The summed E-state index contributed by atoms with van der Waals surface area (Å²) >= 11 is 0. The predicted octanol–water partition coefficient (Wildman–Crippen LogP) is 1.70. The van der Waals surface area contributed by atoms with Crippen molar-refractivity contribution in [3.8, 4) is 0 Å². The second-order valence-electron chi connectivity index (χ2n) is 5.22. The van der Waals surface area contributed by atoms with Gasteiger partial charge >= 0.3 is 0 Å². The number of ether oxygens (including phenoxy) is 1. The van der Waals surface area contributed by atoms with Crippen LogP contribution in [0.1, 0.15) is 18.4 Å². The van der Waals surface area contributed by atoms with Crippen molar-refractivity contribution >= 4 is 5.69 Å². The smallest absolute Gasteiger partial charge is 0.125 e. The standard InChI is InChI=1S/C14H19FN2O/c15-12-2-1-11-3-6-17(13(11)9-12)14(10-16)4-7-18-8-5-14/h1-2,9H,3-8,10,16H2. The van der Waals surface area contributed by atoms with Crippen molar-refractivity contribution in [3.63, 3.8) is 0 Å². The van der Waals surface area contributed by atoms with E-state index >= 15 is 0 Å². The van der Waals surface area contributed by atoms with E-state index in [0.717, 1.165) is 44.7 Å². The monoisotopic (exact) mass is 250 g/mol. The van der Waals surface area contributed by atoms with Crippen LogP contribution in [0.15, 0.2) is 18.2 Å². The maximum absolute atomic E-state index is 13.4. The molecule has 1 saturated heterocycles. The summed E-state index contributed by atoms with van der Waals surface area (Å²) in [5.74, 6) is -0.167. The van der Waals surface area contributed by atoms with Gasteiger partial charge in [-0.15, -0.1) is 0 Å². The molecule has 0 unspecified atom stereocenters. The lowest BCUT2D eigenvalue weighted by Crippen LogP contribution is -2.56. The molecule has 18 heavy (non-hydrogen) atoms. The van der Waals surface area contributed by atoms with Crippen LogP contribution in [0.5, 0.6) is 0 Å². The predicted molar refractivity (Wildman–Crippen MR) is 69.3 cm³/mol. The van der Waals surface area contributed by atoms with Crippen LogP contribution in [-0.2, 0) is 11.2 Å². The molecular weight excluding hydrogens is 231 g/mol. The lowest BCUT2D eigenvalue weighted by atomic mass is 9.88. The summed E-state index contributed by atoms with van der Waals surface area (Å²) in [4.78, 5) is 2.31. The fourth-order valence-corrected chi connectivity index (χ4v) is 3.18. The Kier molecular flexibility index (Phi) is 2.99. The molecular formula is C14H19FN2O. The highest BCUT2D eigenvalue weighted by Gasteiger charge is 2.40. The van der Waals surface area contributed by atoms with Gasteiger partial charge in [-0.05, 0) is 37.0 Å². The van der Waals surface area contributed by atoms with Gasteiger partial charge in [0, 0.05) is 32.0 Å². The second kappa shape index (κ2) is 4.52. The molecule has 0 amide bonds. The van der Waals surface area contributed by atoms with Crippen molar-refractivity contribution in [2.45, 2.75) is 24.8 Å². The quantitative estimate of drug-likeness (QED) is 0.868.